The van der Waals surface area contributed by atoms with Crippen LogP contribution in [0.15, 0.2) is 34.5 Å². The van der Waals surface area contributed by atoms with Crippen molar-refractivity contribution in [2.24, 2.45) is 0 Å². The van der Waals surface area contributed by atoms with Crippen molar-refractivity contribution in [1.29, 1.82) is 0 Å². The van der Waals surface area contributed by atoms with Crippen LogP contribution in [0.2, 0.25) is 0 Å². The van der Waals surface area contributed by atoms with Gasteiger partial charge < -0.3 is 10.8 Å². The van der Waals surface area contributed by atoms with Gasteiger partial charge in [-0.05, 0) is 12.1 Å². The van der Waals surface area contributed by atoms with Crippen molar-refractivity contribution < 1.29 is 5.11 Å². The zero-order valence-corrected chi connectivity index (χ0v) is 9.52. The van der Waals surface area contributed by atoms with Crippen molar-refractivity contribution in [3.63, 3.8) is 0 Å². The number of aromatic hydroxyl groups is 1. The summed E-state index contributed by atoms with van der Waals surface area (Å²) in [7, 11) is 0. The molecule has 78 valence electrons. The van der Waals surface area contributed by atoms with Gasteiger partial charge in [-0.15, -0.1) is 23.1 Å². The lowest BCUT2D eigenvalue weighted by Gasteiger charge is -2.01. The molecule has 3 N–H and O–H groups in total. The van der Waals surface area contributed by atoms with Crippen LogP contribution in [-0.2, 0) is 5.75 Å². The summed E-state index contributed by atoms with van der Waals surface area (Å²) in [5.41, 5.74) is 6.48. The number of aromatic nitrogens is 1. The Bertz CT molecular complexity index is 456. The minimum absolute atomic E-state index is 0.311. The molecule has 0 saturated heterocycles. The normalized spacial score (nSPS) is 10.4. The van der Waals surface area contributed by atoms with Gasteiger partial charge >= 0.3 is 0 Å². The highest BCUT2D eigenvalue weighted by Gasteiger charge is 2.03. The molecule has 2 aromatic rings. The quantitative estimate of drug-likeness (QED) is 0.807. The highest BCUT2D eigenvalue weighted by Crippen LogP contribution is 2.30. The summed E-state index contributed by atoms with van der Waals surface area (Å²) in [6.45, 7) is 0. The first kappa shape index (κ1) is 10.3. The Morgan fingerprint density at radius 2 is 2.20 bits per heavy atom. The Hall–Kier alpha value is -1.20. The third-order valence-electron chi connectivity index (χ3n) is 1.81. The number of nitrogens with zero attached hydrogens (tertiary/aromatic N) is 1. The molecule has 0 atom stereocenters. The van der Waals surface area contributed by atoms with Crippen LogP contribution in [0.4, 0.5) is 5.13 Å². The molecule has 0 radical (unpaired) electrons. The number of phenolic OH excluding ortho intramolecular Hbond substituents is 1. The molecule has 0 aliphatic carbocycles. The maximum Gasteiger partial charge on any atom is 0.180 e. The lowest BCUT2D eigenvalue weighted by molar-refractivity contribution is 0.462. The second-order valence-corrected chi connectivity index (χ2v) is 4.84. The van der Waals surface area contributed by atoms with Crippen molar-refractivity contribution in [2.45, 2.75) is 10.6 Å². The van der Waals surface area contributed by atoms with Gasteiger partial charge in [-0.1, -0.05) is 12.1 Å². The van der Waals surface area contributed by atoms with Crippen molar-refractivity contribution in [1.82, 2.24) is 4.98 Å². The smallest absolute Gasteiger partial charge is 0.180 e. The van der Waals surface area contributed by atoms with E-state index in [0.717, 1.165) is 16.3 Å². The maximum absolute atomic E-state index is 9.53. The second-order valence-electron chi connectivity index (χ2n) is 2.93. The van der Waals surface area contributed by atoms with E-state index in [2.05, 4.69) is 4.98 Å². The van der Waals surface area contributed by atoms with Crippen molar-refractivity contribution >= 4 is 28.2 Å². The number of hydrogen-bond acceptors (Lipinski definition) is 5. The predicted octanol–water partition coefficient (Wildman–Crippen LogP) is 2.72. The molecular formula is C10H10N2OS2. The van der Waals surface area contributed by atoms with E-state index in [9.17, 15) is 5.11 Å². The van der Waals surface area contributed by atoms with E-state index in [1.165, 1.54) is 11.3 Å². The van der Waals surface area contributed by atoms with E-state index in [0.29, 0.717) is 10.9 Å². The molecule has 0 bridgehead atoms. The number of thioether (sulfide) groups is 1. The van der Waals surface area contributed by atoms with Gasteiger partial charge in [0.05, 0.1) is 5.69 Å². The fourth-order valence-corrected chi connectivity index (χ4v) is 2.63. The molecule has 0 aliphatic rings. The van der Waals surface area contributed by atoms with Gasteiger partial charge in [-0.3, -0.25) is 0 Å². The van der Waals surface area contributed by atoms with Gasteiger partial charge in [0.2, 0.25) is 0 Å². The molecule has 1 aromatic carbocycles. The van der Waals surface area contributed by atoms with Gasteiger partial charge in [-0.2, -0.15) is 0 Å². The van der Waals surface area contributed by atoms with Gasteiger partial charge in [0.25, 0.3) is 0 Å². The lowest BCUT2D eigenvalue weighted by atomic mass is 10.3. The molecule has 1 aromatic heterocycles. The van der Waals surface area contributed by atoms with Crippen molar-refractivity contribution in [3.8, 4) is 5.75 Å². The van der Waals surface area contributed by atoms with Crippen LogP contribution in [0.3, 0.4) is 0 Å². The third kappa shape index (κ3) is 2.64. The predicted molar refractivity (Wildman–Crippen MR) is 64.2 cm³/mol. The average molecular weight is 238 g/mol. The molecule has 3 nitrogen and oxygen atoms in total. The Kier molecular flexibility index (Phi) is 3.13. The van der Waals surface area contributed by atoms with E-state index in [-0.39, 0.29) is 0 Å². The molecule has 0 fully saturated rings. The highest BCUT2D eigenvalue weighted by molar-refractivity contribution is 7.98. The number of nitrogens with two attached hydrogens (primary N) is 1. The Labute approximate surface area is 96.0 Å². The number of nitrogen functional groups attached to an aromatic ring is 1. The lowest BCUT2D eigenvalue weighted by Crippen LogP contribution is -1.84. The first-order chi connectivity index (χ1) is 7.25. The molecule has 0 spiro atoms. The van der Waals surface area contributed by atoms with E-state index < -0.39 is 0 Å². The average Bonchev–Trinajstić information content (AvgIpc) is 2.63. The van der Waals surface area contributed by atoms with E-state index in [1.54, 1.807) is 23.9 Å². The Morgan fingerprint density at radius 1 is 1.40 bits per heavy atom. The van der Waals surface area contributed by atoms with Crippen molar-refractivity contribution in [3.05, 3.63) is 35.3 Å². The summed E-state index contributed by atoms with van der Waals surface area (Å²) in [5.74, 6) is 1.04. The fourth-order valence-electron chi connectivity index (χ4n) is 1.12. The zero-order valence-electron chi connectivity index (χ0n) is 7.88. The number of phenols is 1. The van der Waals surface area contributed by atoms with Crippen LogP contribution in [-0.4, -0.2) is 10.1 Å². The summed E-state index contributed by atoms with van der Waals surface area (Å²) in [4.78, 5) is 5.01. The number of hydrogen-bond donors (Lipinski definition) is 2. The molecule has 5 heteroatoms. The van der Waals surface area contributed by atoms with Crippen LogP contribution >= 0.6 is 23.1 Å². The molecule has 0 unspecified atom stereocenters. The molecule has 0 saturated carbocycles. The van der Waals surface area contributed by atoms with Gasteiger partial charge in [0.1, 0.15) is 5.75 Å². The van der Waals surface area contributed by atoms with Crippen molar-refractivity contribution in [2.75, 3.05) is 5.73 Å². The Balaban J connectivity index is 2.02. The van der Waals surface area contributed by atoms with E-state index in [4.69, 9.17) is 5.73 Å². The van der Waals surface area contributed by atoms with E-state index >= 15 is 0 Å². The van der Waals surface area contributed by atoms with Crippen LogP contribution in [0, 0.1) is 0 Å². The van der Waals surface area contributed by atoms with Crippen LogP contribution in [0.1, 0.15) is 5.69 Å². The number of anilines is 1. The summed E-state index contributed by atoms with van der Waals surface area (Å²) in [6, 6.07) is 7.27. The van der Waals surface area contributed by atoms with Crippen LogP contribution < -0.4 is 5.73 Å². The first-order valence-electron chi connectivity index (χ1n) is 4.36. The number of para-hydroxylation sites is 1. The van der Waals surface area contributed by atoms with Gasteiger partial charge in [0, 0.05) is 16.0 Å². The number of thiazole rings is 1. The first-order valence-corrected chi connectivity index (χ1v) is 6.23. The number of rotatable bonds is 3. The standard InChI is InChI=1S/C10H10N2OS2/c11-10-12-7(6-15-10)5-14-9-4-2-1-3-8(9)13/h1-4,6,13H,5H2,(H2,11,12). The monoisotopic (exact) mass is 238 g/mol. The van der Waals surface area contributed by atoms with E-state index in [1.807, 2.05) is 17.5 Å². The summed E-state index contributed by atoms with van der Waals surface area (Å²) < 4.78 is 0. The maximum atomic E-state index is 9.53. The van der Waals surface area contributed by atoms with Gasteiger partial charge in [-0.25, -0.2) is 4.98 Å². The largest absolute Gasteiger partial charge is 0.507 e. The second kappa shape index (κ2) is 4.55. The van der Waals surface area contributed by atoms with Crippen LogP contribution in [0.25, 0.3) is 0 Å². The summed E-state index contributed by atoms with van der Waals surface area (Å²) >= 11 is 2.99. The molecule has 0 aliphatic heterocycles. The topological polar surface area (TPSA) is 59.1 Å². The molecule has 15 heavy (non-hydrogen) atoms. The fraction of sp³-hybridized carbons (Fsp3) is 0.100. The molecular weight excluding hydrogens is 228 g/mol. The summed E-state index contributed by atoms with van der Waals surface area (Å²) in [6.07, 6.45) is 0. The SMILES string of the molecule is Nc1nc(CSc2ccccc2O)cs1. The third-order valence-corrected chi connectivity index (χ3v) is 3.63. The zero-order chi connectivity index (χ0) is 10.7. The minimum atomic E-state index is 0.311. The molecule has 0 amide bonds. The molecule has 1 heterocycles. The Morgan fingerprint density at radius 3 is 2.87 bits per heavy atom. The molecule has 2 rings (SSSR count). The highest BCUT2D eigenvalue weighted by atomic mass is 32.2. The van der Waals surface area contributed by atoms with Crippen LogP contribution in [0.5, 0.6) is 5.75 Å². The number of benzene rings is 1. The summed E-state index contributed by atoms with van der Waals surface area (Å²) in [5, 5.41) is 12.0. The minimum Gasteiger partial charge on any atom is -0.507 e. The van der Waals surface area contributed by atoms with Gasteiger partial charge in [0.15, 0.2) is 5.13 Å².